The number of nitrogens with zero attached hydrogens (tertiary/aromatic N) is 1. The normalized spacial score (nSPS) is 17.1. The minimum Gasteiger partial charge on any atom is -0.480 e. The van der Waals surface area contributed by atoms with Gasteiger partial charge in [0.05, 0.1) is 59.5 Å². The minimum atomic E-state index is -1.01. The standard InChI is InChI=1S/C25H34N2O10S/c28-22-5-4-20(24(31)26-22)27-16-19-18(25(27)32)2-1-3-21(19)38-15-14-36-11-10-34-7-6-33-8-9-35-12-13-37-17-23(29)30/h1-3,20H,4-17H2,(H,29,30)(H,26,28,31). The second kappa shape index (κ2) is 16.4. The molecule has 0 spiro atoms. The number of amides is 3. The second-order valence-electron chi connectivity index (χ2n) is 8.43. The molecule has 1 aromatic rings. The topological polar surface area (TPSA) is 150 Å². The molecule has 0 radical (unpaired) electrons. The van der Waals surface area contributed by atoms with Gasteiger partial charge in [0, 0.05) is 29.2 Å². The molecule has 3 amide bonds. The van der Waals surface area contributed by atoms with Gasteiger partial charge in [-0.05, 0) is 24.1 Å². The summed E-state index contributed by atoms with van der Waals surface area (Å²) in [5, 5.41) is 10.8. The van der Waals surface area contributed by atoms with Crippen LogP contribution < -0.4 is 5.32 Å². The molecule has 1 saturated heterocycles. The predicted octanol–water partition coefficient (Wildman–Crippen LogP) is 0.707. The van der Waals surface area contributed by atoms with Crippen LogP contribution in [0.4, 0.5) is 0 Å². The molecule has 2 N–H and O–H groups in total. The van der Waals surface area contributed by atoms with E-state index in [-0.39, 0.29) is 31.4 Å². The number of hydrogen-bond donors (Lipinski definition) is 2. The van der Waals surface area contributed by atoms with Crippen LogP contribution >= 0.6 is 11.8 Å². The summed E-state index contributed by atoms with van der Waals surface area (Å²) in [5.74, 6) is -1.19. The van der Waals surface area contributed by atoms with Crippen molar-refractivity contribution in [3.05, 3.63) is 29.3 Å². The number of thioether (sulfide) groups is 1. The minimum absolute atomic E-state index is 0.176. The van der Waals surface area contributed by atoms with Gasteiger partial charge in [-0.2, -0.15) is 0 Å². The molecule has 1 atom stereocenters. The molecule has 13 heteroatoms. The largest absolute Gasteiger partial charge is 0.480 e. The fourth-order valence-electron chi connectivity index (χ4n) is 3.94. The Morgan fingerprint density at radius 2 is 1.53 bits per heavy atom. The van der Waals surface area contributed by atoms with E-state index in [0.717, 1.165) is 10.5 Å². The van der Waals surface area contributed by atoms with Crippen molar-refractivity contribution in [3.63, 3.8) is 0 Å². The van der Waals surface area contributed by atoms with Gasteiger partial charge in [-0.15, -0.1) is 11.8 Å². The quantitative estimate of drug-likeness (QED) is 0.141. The number of carboxylic acids is 1. The number of rotatable bonds is 19. The van der Waals surface area contributed by atoms with E-state index in [1.807, 2.05) is 12.1 Å². The van der Waals surface area contributed by atoms with E-state index in [1.165, 1.54) is 0 Å². The lowest BCUT2D eigenvalue weighted by Gasteiger charge is -2.29. The van der Waals surface area contributed by atoms with Gasteiger partial charge in [-0.25, -0.2) is 4.79 Å². The van der Waals surface area contributed by atoms with Crippen LogP contribution in [0.5, 0.6) is 0 Å². The Morgan fingerprint density at radius 1 is 0.921 bits per heavy atom. The lowest BCUT2D eigenvalue weighted by Crippen LogP contribution is -2.52. The van der Waals surface area contributed by atoms with Crippen LogP contribution in [0.15, 0.2) is 23.1 Å². The van der Waals surface area contributed by atoms with Gasteiger partial charge in [-0.1, -0.05) is 6.07 Å². The van der Waals surface area contributed by atoms with E-state index in [2.05, 4.69) is 5.32 Å². The zero-order valence-electron chi connectivity index (χ0n) is 21.2. The lowest BCUT2D eigenvalue weighted by molar-refractivity contribution is -0.143. The van der Waals surface area contributed by atoms with Crippen molar-refractivity contribution in [1.29, 1.82) is 0 Å². The maximum absolute atomic E-state index is 12.9. The van der Waals surface area contributed by atoms with E-state index in [9.17, 15) is 19.2 Å². The number of fused-ring (bicyclic) bond motifs is 1. The van der Waals surface area contributed by atoms with Crippen molar-refractivity contribution in [2.75, 3.05) is 71.8 Å². The Balaban J connectivity index is 1.20. The third-order valence-electron chi connectivity index (χ3n) is 5.74. The molecule has 1 unspecified atom stereocenters. The van der Waals surface area contributed by atoms with Gasteiger partial charge in [0.15, 0.2) is 0 Å². The second-order valence-corrected chi connectivity index (χ2v) is 9.56. The van der Waals surface area contributed by atoms with Gasteiger partial charge in [-0.3, -0.25) is 19.7 Å². The Morgan fingerprint density at radius 3 is 2.13 bits per heavy atom. The number of benzene rings is 1. The summed E-state index contributed by atoms with van der Waals surface area (Å²) < 4.78 is 26.6. The Hall–Kier alpha value is -2.55. The van der Waals surface area contributed by atoms with Gasteiger partial charge < -0.3 is 33.7 Å². The highest BCUT2D eigenvalue weighted by atomic mass is 32.2. The average Bonchev–Trinajstić information content (AvgIpc) is 3.22. The number of carbonyl (C=O) groups excluding carboxylic acids is 3. The molecule has 210 valence electrons. The Bertz CT molecular complexity index is 960. The van der Waals surface area contributed by atoms with E-state index in [4.69, 9.17) is 28.8 Å². The van der Waals surface area contributed by atoms with E-state index in [1.54, 1.807) is 22.7 Å². The number of nitrogens with one attached hydrogen (secondary N) is 1. The molecule has 1 aromatic carbocycles. The summed E-state index contributed by atoms with van der Waals surface area (Å²) >= 11 is 1.60. The molecule has 2 heterocycles. The van der Waals surface area contributed by atoms with Gasteiger partial charge in [0.25, 0.3) is 5.91 Å². The summed E-state index contributed by atoms with van der Waals surface area (Å²) in [6, 6.07) is 4.96. The SMILES string of the molecule is O=C(O)COCCOCCOCCOCCOCCSc1cccc2c1CN(C1CCC(=O)NC1=O)C2=O. The average molecular weight is 555 g/mol. The van der Waals surface area contributed by atoms with Crippen LogP contribution in [0.1, 0.15) is 28.8 Å². The first-order valence-electron chi connectivity index (χ1n) is 12.5. The summed E-state index contributed by atoms with van der Waals surface area (Å²) in [6.07, 6.45) is 0.576. The van der Waals surface area contributed by atoms with Crippen molar-refractivity contribution in [2.45, 2.75) is 30.3 Å². The molecule has 2 aliphatic heterocycles. The Labute approximate surface area is 225 Å². The summed E-state index contributed by atoms with van der Waals surface area (Å²) in [4.78, 5) is 49.4. The molecule has 0 aliphatic carbocycles. The maximum Gasteiger partial charge on any atom is 0.329 e. The third-order valence-corrected chi connectivity index (χ3v) is 6.80. The number of ether oxygens (including phenoxy) is 5. The highest BCUT2D eigenvalue weighted by Gasteiger charge is 2.39. The van der Waals surface area contributed by atoms with E-state index >= 15 is 0 Å². The summed E-state index contributed by atoms with van der Waals surface area (Å²) in [7, 11) is 0. The van der Waals surface area contributed by atoms with Crippen molar-refractivity contribution < 1.29 is 48.0 Å². The first-order chi connectivity index (χ1) is 18.5. The van der Waals surface area contributed by atoms with Crippen molar-refractivity contribution in [2.24, 2.45) is 0 Å². The number of aliphatic carboxylic acids is 1. The van der Waals surface area contributed by atoms with Gasteiger partial charge in [0.2, 0.25) is 11.8 Å². The van der Waals surface area contributed by atoms with E-state index < -0.39 is 17.9 Å². The fourth-order valence-corrected chi connectivity index (χ4v) is 4.89. The smallest absolute Gasteiger partial charge is 0.329 e. The number of carboxylic acid groups (broad SMARTS) is 1. The Kier molecular flexibility index (Phi) is 13.0. The van der Waals surface area contributed by atoms with Crippen LogP contribution in [-0.4, -0.2) is 112 Å². The lowest BCUT2D eigenvalue weighted by atomic mass is 10.0. The molecular weight excluding hydrogens is 520 g/mol. The molecule has 2 aliphatic rings. The maximum atomic E-state index is 12.9. The molecule has 12 nitrogen and oxygen atoms in total. The van der Waals surface area contributed by atoms with Crippen LogP contribution in [0.25, 0.3) is 0 Å². The van der Waals surface area contributed by atoms with Crippen LogP contribution in [0.3, 0.4) is 0 Å². The number of piperidine rings is 1. The van der Waals surface area contributed by atoms with Crippen molar-refractivity contribution in [3.8, 4) is 0 Å². The van der Waals surface area contributed by atoms with Gasteiger partial charge in [0.1, 0.15) is 12.6 Å². The van der Waals surface area contributed by atoms with Gasteiger partial charge >= 0.3 is 5.97 Å². The van der Waals surface area contributed by atoms with Crippen LogP contribution in [0.2, 0.25) is 0 Å². The number of hydrogen-bond acceptors (Lipinski definition) is 10. The highest BCUT2D eigenvalue weighted by molar-refractivity contribution is 7.99. The van der Waals surface area contributed by atoms with Crippen molar-refractivity contribution >= 4 is 35.5 Å². The summed E-state index contributed by atoms with van der Waals surface area (Å²) in [6.45, 7) is 3.66. The highest BCUT2D eigenvalue weighted by Crippen LogP contribution is 2.34. The predicted molar refractivity (Wildman–Crippen MR) is 135 cm³/mol. The molecule has 3 rings (SSSR count). The van der Waals surface area contributed by atoms with Crippen LogP contribution in [-0.2, 0) is 44.6 Å². The number of imide groups is 1. The monoisotopic (exact) mass is 554 g/mol. The zero-order chi connectivity index (χ0) is 27.2. The molecule has 0 aromatic heterocycles. The molecule has 0 saturated carbocycles. The zero-order valence-corrected chi connectivity index (χ0v) is 22.0. The first-order valence-corrected chi connectivity index (χ1v) is 13.5. The van der Waals surface area contributed by atoms with E-state index in [0.29, 0.717) is 77.1 Å². The fraction of sp³-hybridized carbons (Fsp3) is 0.600. The van der Waals surface area contributed by atoms with Crippen LogP contribution in [0, 0.1) is 0 Å². The third kappa shape index (κ3) is 9.64. The molecule has 1 fully saturated rings. The van der Waals surface area contributed by atoms with Crippen molar-refractivity contribution in [1.82, 2.24) is 10.2 Å². The first kappa shape index (κ1) is 30.0. The molecular formula is C25H34N2O10S. The molecule has 0 bridgehead atoms. The molecule has 38 heavy (non-hydrogen) atoms. The number of carbonyl (C=O) groups is 4. The summed E-state index contributed by atoms with van der Waals surface area (Å²) in [5.41, 5.74) is 1.51.